The lowest BCUT2D eigenvalue weighted by Crippen LogP contribution is -2.61. The van der Waals surface area contributed by atoms with Crippen molar-refractivity contribution in [2.45, 2.75) is 20.3 Å². The van der Waals surface area contributed by atoms with Gasteiger partial charge in [0, 0.05) is 12.2 Å². The Kier molecular flexibility index (Phi) is 8.19. The summed E-state index contributed by atoms with van der Waals surface area (Å²) in [5.41, 5.74) is 0.823. The number of hydrogen-bond acceptors (Lipinski definition) is 9. The van der Waals surface area contributed by atoms with Gasteiger partial charge in [0.1, 0.15) is 5.75 Å². The molecule has 184 valence electrons. The second-order valence-electron chi connectivity index (χ2n) is 7.52. The fourth-order valence-corrected chi connectivity index (χ4v) is 3.73. The molecular formula is C25H27N3O7. The van der Waals surface area contributed by atoms with E-state index in [1.807, 2.05) is 0 Å². The number of carbonyl (C=O) groups is 4. The summed E-state index contributed by atoms with van der Waals surface area (Å²) >= 11 is 0. The summed E-state index contributed by atoms with van der Waals surface area (Å²) in [7, 11) is 1.52. The Morgan fingerprint density at radius 2 is 1.66 bits per heavy atom. The number of amides is 1. The van der Waals surface area contributed by atoms with Crippen molar-refractivity contribution in [3.63, 3.8) is 0 Å². The smallest absolute Gasteiger partial charge is 0.356 e. The molecule has 1 unspecified atom stereocenters. The Morgan fingerprint density at radius 1 is 1.00 bits per heavy atom. The van der Waals surface area contributed by atoms with Gasteiger partial charge in [0.05, 0.1) is 26.0 Å². The van der Waals surface area contributed by atoms with E-state index in [9.17, 15) is 19.2 Å². The van der Waals surface area contributed by atoms with Crippen LogP contribution in [0.5, 0.6) is 5.75 Å². The van der Waals surface area contributed by atoms with Gasteiger partial charge < -0.3 is 19.1 Å². The standard InChI is InChI=1S/C25H27N3O7/c1-4-34-23(31)20(27-26-17-11-13-19(33-3)14-12-17)25(24(32)35-5-2)15-16-28(22(30)21(25)29)18-9-7-6-8-10-18/h6-14,26H,4-5,15-16H2,1-3H3/b27-20-. The van der Waals surface area contributed by atoms with Crippen molar-refractivity contribution in [1.82, 2.24) is 0 Å². The van der Waals surface area contributed by atoms with Gasteiger partial charge in [-0.25, -0.2) is 4.79 Å². The minimum absolute atomic E-state index is 0.0195. The highest BCUT2D eigenvalue weighted by Crippen LogP contribution is 2.35. The number of rotatable bonds is 9. The van der Waals surface area contributed by atoms with Crippen LogP contribution in [0.15, 0.2) is 59.7 Å². The summed E-state index contributed by atoms with van der Waals surface area (Å²) in [6.07, 6.45) is -0.215. The zero-order valence-electron chi connectivity index (χ0n) is 19.8. The van der Waals surface area contributed by atoms with Gasteiger partial charge in [-0.05, 0) is 56.7 Å². The summed E-state index contributed by atoms with van der Waals surface area (Å²) in [6.45, 7) is 3.03. The van der Waals surface area contributed by atoms with Crippen molar-refractivity contribution >= 4 is 40.7 Å². The van der Waals surface area contributed by atoms with Crippen molar-refractivity contribution < 1.29 is 33.4 Å². The maximum atomic E-state index is 13.6. The van der Waals surface area contributed by atoms with E-state index in [-0.39, 0.29) is 26.2 Å². The molecule has 2 aromatic carbocycles. The van der Waals surface area contributed by atoms with Gasteiger partial charge in [0.25, 0.3) is 5.91 Å². The number of hydrogen-bond donors (Lipinski definition) is 1. The van der Waals surface area contributed by atoms with Crippen molar-refractivity contribution in [1.29, 1.82) is 0 Å². The van der Waals surface area contributed by atoms with Gasteiger partial charge in [0.15, 0.2) is 11.1 Å². The Morgan fingerprint density at radius 3 is 2.26 bits per heavy atom. The topological polar surface area (TPSA) is 124 Å². The number of Topliss-reactive ketones (excluding diaryl/α,β-unsaturated/α-hetero) is 1. The number of ketones is 1. The number of esters is 2. The number of methoxy groups -OCH3 is 1. The zero-order valence-corrected chi connectivity index (χ0v) is 19.8. The molecule has 1 amide bonds. The fourth-order valence-electron chi connectivity index (χ4n) is 3.73. The number of anilines is 2. The molecule has 1 aliphatic rings. The molecular weight excluding hydrogens is 454 g/mol. The minimum Gasteiger partial charge on any atom is -0.497 e. The van der Waals surface area contributed by atoms with Crippen LogP contribution in [0.4, 0.5) is 11.4 Å². The third-order valence-electron chi connectivity index (χ3n) is 5.49. The monoisotopic (exact) mass is 481 g/mol. The van der Waals surface area contributed by atoms with Crippen molar-refractivity contribution in [2.75, 3.05) is 37.2 Å². The second kappa shape index (κ2) is 11.3. The maximum Gasteiger partial charge on any atom is 0.356 e. The number of carbonyl (C=O) groups excluding carboxylic acids is 4. The van der Waals surface area contributed by atoms with Crippen LogP contribution in [0.3, 0.4) is 0 Å². The first-order valence-corrected chi connectivity index (χ1v) is 11.1. The molecule has 0 spiro atoms. The number of hydrazone groups is 1. The number of benzene rings is 2. The van der Waals surface area contributed by atoms with Gasteiger partial charge in [-0.3, -0.25) is 19.8 Å². The van der Waals surface area contributed by atoms with Crippen LogP contribution in [-0.2, 0) is 28.7 Å². The molecule has 0 aromatic heterocycles. The molecule has 35 heavy (non-hydrogen) atoms. The van der Waals surface area contributed by atoms with E-state index in [4.69, 9.17) is 14.2 Å². The SMILES string of the molecule is CCOC(=O)/C(=N/Nc1ccc(OC)cc1)C1(C(=O)OCC)CCN(c2ccccc2)C(=O)C1=O. The second-order valence-corrected chi connectivity index (χ2v) is 7.52. The molecule has 10 heteroatoms. The van der Waals surface area contributed by atoms with Crippen LogP contribution in [0.2, 0.25) is 0 Å². The van der Waals surface area contributed by atoms with E-state index in [1.165, 1.54) is 12.0 Å². The first kappa shape index (κ1) is 25.4. The van der Waals surface area contributed by atoms with Gasteiger partial charge in [-0.1, -0.05) is 18.2 Å². The van der Waals surface area contributed by atoms with Crippen molar-refractivity contribution in [3.05, 3.63) is 54.6 Å². The van der Waals surface area contributed by atoms with Gasteiger partial charge in [-0.2, -0.15) is 5.10 Å². The number of nitrogens with zero attached hydrogens (tertiary/aromatic N) is 2. The summed E-state index contributed by atoms with van der Waals surface area (Å²) in [5.74, 6) is -3.50. The largest absolute Gasteiger partial charge is 0.497 e. The van der Waals surface area contributed by atoms with Crippen LogP contribution in [0.1, 0.15) is 20.3 Å². The predicted molar refractivity (Wildman–Crippen MR) is 128 cm³/mol. The van der Waals surface area contributed by atoms with E-state index >= 15 is 0 Å². The first-order chi connectivity index (χ1) is 16.9. The molecule has 1 aliphatic heterocycles. The van der Waals surface area contributed by atoms with E-state index < -0.39 is 34.8 Å². The highest BCUT2D eigenvalue weighted by molar-refractivity contribution is 6.59. The van der Waals surface area contributed by atoms with E-state index in [1.54, 1.807) is 68.4 Å². The molecule has 0 aliphatic carbocycles. The fraction of sp³-hybridized carbons (Fsp3) is 0.320. The van der Waals surface area contributed by atoms with Crippen molar-refractivity contribution in [2.24, 2.45) is 10.5 Å². The number of nitrogens with one attached hydrogen (secondary N) is 1. The summed E-state index contributed by atoms with van der Waals surface area (Å²) in [5, 5.41) is 4.11. The Labute approximate surface area is 202 Å². The lowest BCUT2D eigenvalue weighted by Gasteiger charge is -2.37. The van der Waals surface area contributed by atoms with Gasteiger partial charge in [-0.15, -0.1) is 0 Å². The first-order valence-electron chi connectivity index (χ1n) is 11.1. The molecule has 0 bridgehead atoms. The number of ether oxygens (including phenoxy) is 3. The van der Waals surface area contributed by atoms with Crippen LogP contribution < -0.4 is 15.1 Å². The molecule has 0 radical (unpaired) electrons. The quantitative estimate of drug-likeness (QED) is 0.191. The van der Waals surface area contributed by atoms with Crippen LogP contribution in [-0.4, -0.2) is 56.2 Å². The molecule has 1 fully saturated rings. The summed E-state index contributed by atoms with van der Waals surface area (Å²) < 4.78 is 15.4. The van der Waals surface area contributed by atoms with E-state index in [0.717, 1.165) is 0 Å². The summed E-state index contributed by atoms with van der Waals surface area (Å²) in [4.78, 5) is 54.2. The number of piperidine rings is 1. The molecule has 1 saturated heterocycles. The average Bonchev–Trinajstić information content (AvgIpc) is 2.87. The average molecular weight is 482 g/mol. The zero-order chi connectivity index (χ0) is 25.4. The van der Waals surface area contributed by atoms with Crippen molar-refractivity contribution in [3.8, 4) is 5.75 Å². The summed E-state index contributed by atoms with van der Waals surface area (Å²) in [6, 6.07) is 15.2. The number of para-hydroxylation sites is 1. The maximum absolute atomic E-state index is 13.6. The molecule has 1 heterocycles. The van der Waals surface area contributed by atoms with Gasteiger partial charge >= 0.3 is 11.9 Å². The van der Waals surface area contributed by atoms with E-state index in [2.05, 4.69) is 10.5 Å². The highest BCUT2D eigenvalue weighted by Gasteiger charge is 2.60. The predicted octanol–water partition coefficient (Wildman–Crippen LogP) is 2.58. The third kappa shape index (κ3) is 5.16. The van der Waals surface area contributed by atoms with Crippen LogP contribution >= 0.6 is 0 Å². The lowest BCUT2D eigenvalue weighted by molar-refractivity contribution is -0.160. The Hall–Kier alpha value is -4.21. The third-order valence-corrected chi connectivity index (χ3v) is 5.49. The molecule has 3 rings (SSSR count). The molecule has 0 saturated carbocycles. The highest BCUT2D eigenvalue weighted by atomic mass is 16.5. The minimum atomic E-state index is -2.26. The molecule has 2 aromatic rings. The van der Waals surface area contributed by atoms with E-state index in [0.29, 0.717) is 17.1 Å². The molecule has 10 nitrogen and oxygen atoms in total. The molecule has 1 N–H and O–H groups in total. The normalized spacial score (nSPS) is 18.1. The Balaban J connectivity index is 2.06. The van der Waals surface area contributed by atoms with Crippen LogP contribution in [0, 0.1) is 5.41 Å². The lowest BCUT2D eigenvalue weighted by atomic mass is 9.72. The molecule has 1 atom stereocenters. The Bertz CT molecular complexity index is 1120. The van der Waals surface area contributed by atoms with Crippen LogP contribution in [0.25, 0.3) is 0 Å². The van der Waals surface area contributed by atoms with Gasteiger partial charge in [0.2, 0.25) is 5.78 Å².